The number of halogens is 1. The van der Waals surface area contributed by atoms with Crippen LogP contribution in [-0.2, 0) is 0 Å². The zero-order valence-corrected chi connectivity index (χ0v) is 20.5. The molecule has 0 aliphatic rings. The average Bonchev–Trinajstić information content (AvgIpc) is 2.95. The largest absolute Gasteiger partial charge is 0.481 e. The van der Waals surface area contributed by atoms with E-state index in [4.69, 9.17) is 21.1 Å². The predicted molar refractivity (Wildman–Crippen MR) is 146 cm³/mol. The van der Waals surface area contributed by atoms with Crippen molar-refractivity contribution in [1.29, 1.82) is 0 Å². The molecule has 0 atom stereocenters. The molecular weight excluding hydrogens is 486 g/mol. The van der Waals surface area contributed by atoms with E-state index in [-0.39, 0.29) is 0 Å². The summed E-state index contributed by atoms with van der Waals surface area (Å²) >= 11 is 6.06. The molecule has 180 valence electrons. The molecular formula is C29H20ClN5O2. The zero-order valence-electron chi connectivity index (χ0n) is 19.7. The Morgan fingerprint density at radius 1 is 0.784 bits per heavy atom. The third-order valence-electron chi connectivity index (χ3n) is 5.88. The molecule has 0 aliphatic carbocycles. The molecule has 3 aromatic carbocycles. The topological polar surface area (TPSA) is 82.0 Å². The van der Waals surface area contributed by atoms with Crippen LogP contribution in [-0.4, -0.2) is 27.3 Å². The summed E-state index contributed by atoms with van der Waals surface area (Å²) in [7, 11) is 1.58. The van der Waals surface area contributed by atoms with Crippen molar-refractivity contribution in [1.82, 2.24) is 20.2 Å². The maximum absolute atomic E-state index is 6.12. The molecule has 0 spiro atoms. The van der Waals surface area contributed by atoms with Crippen LogP contribution in [0.1, 0.15) is 0 Å². The van der Waals surface area contributed by atoms with E-state index in [9.17, 15) is 0 Å². The second-order valence-corrected chi connectivity index (χ2v) is 8.67. The van der Waals surface area contributed by atoms with Crippen molar-refractivity contribution >= 4 is 44.9 Å². The van der Waals surface area contributed by atoms with E-state index in [1.54, 1.807) is 25.4 Å². The van der Waals surface area contributed by atoms with E-state index in [0.29, 0.717) is 33.7 Å². The summed E-state index contributed by atoms with van der Waals surface area (Å²) in [6.45, 7) is 0. The monoisotopic (exact) mass is 505 g/mol. The summed E-state index contributed by atoms with van der Waals surface area (Å²) in [5, 5.41) is 15.0. The molecule has 3 aromatic heterocycles. The standard InChI is InChI=1S/C29H20ClN5O2/c1-36-26-15-14-24-28(33-26)25(16-17-31-24)37-21-12-10-20(11-13-21)32-29-23-5-3-2-4-22(23)27(34-35-29)18-6-8-19(30)9-7-18/h2-17H,1H3,(H,32,35). The van der Waals surface area contributed by atoms with E-state index in [1.165, 1.54) is 0 Å². The van der Waals surface area contributed by atoms with Crippen molar-refractivity contribution in [3.05, 3.63) is 102 Å². The molecule has 3 heterocycles. The highest BCUT2D eigenvalue weighted by Gasteiger charge is 2.12. The highest BCUT2D eigenvalue weighted by Crippen LogP contribution is 2.33. The summed E-state index contributed by atoms with van der Waals surface area (Å²) < 4.78 is 11.4. The maximum Gasteiger partial charge on any atom is 0.213 e. The highest BCUT2D eigenvalue weighted by atomic mass is 35.5. The lowest BCUT2D eigenvalue weighted by Gasteiger charge is -2.12. The lowest BCUT2D eigenvalue weighted by Crippen LogP contribution is -1.99. The minimum absolute atomic E-state index is 0.500. The average molecular weight is 506 g/mol. The Bertz CT molecular complexity index is 1720. The van der Waals surface area contributed by atoms with Gasteiger partial charge in [-0.25, -0.2) is 4.98 Å². The van der Waals surface area contributed by atoms with E-state index in [1.807, 2.05) is 78.9 Å². The Balaban J connectivity index is 1.27. The van der Waals surface area contributed by atoms with Gasteiger partial charge in [0.25, 0.3) is 0 Å². The van der Waals surface area contributed by atoms with Crippen molar-refractivity contribution in [3.8, 4) is 28.6 Å². The number of hydrogen-bond acceptors (Lipinski definition) is 7. The van der Waals surface area contributed by atoms with Gasteiger partial charge < -0.3 is 14.8 Å². The molecule has 6 aromatic rings. The first-order valence-corrected chi connectivity index (χ1v) is 11.9. The number of benzene rings is 3. The molecule has 6 rings (SSSR count). The number of rotatable bonds is 6. The number of methoxy groups -OCH3 is 1. The first-order valence-electron chi connectivity index (χ1n) is 11.5. The molecule has 1 N–H and O–H groups in total. The molecule has 0 unspecified atom stereocenters. The number of pyridine rings is 2. The molecule has 0 amide bonds. The fraction of sp³-hybridized carbons (Fsp3) is 0.0345. The molecule has 7 nitrogen and oxygen atoms in total. The zero-order chi connectivity index (χ0) is 25.2. The fourth-order valence-corrected chi connectivity index (χ4v) is 4.19. The molecule has 0 radical (unpaired) electrons. The van der Waals surface area contributed by atoms with Gasteiger partial charge in [-0.1, -0.05) is 48.0 Å². The quantitative estimate of drug-likeness (QED) is 0.252. The van der Waals surface area contributed by atoms with Gasteiger partial charge in [0, 0.05) is 45.4 Å². The van der Waals surface area contributed by atoms with Crippen LogP contribution in [0, 0.1) is 0 Å². The molecule has 0 saturated carbocycles. The number of nitrogens with zero attached hydrogens (tertiary/aromatic N) is 4. The number of anilines is 2. The van der Waals surface area contributed by atoms with Gasteiger partial charge in [-0.3, -0.25) is 4.98 Å². The Hall–Kier alpha value is -4.75. The Morgan fingerprint density at radius 2 is 1.57 bits per heavy atom. The molecule has 8 heteroatoms. The normalized spacial score (nSPS) is 11.0. The first kappa shape index (κ1) is 22.7. The van der Waals surface area contributed by atoms with Gasteiger partial charge >= 0.3 is 0 Å². The number of ether oxygens (including phenoxy) is 2. The van der Waals surface area contributed by atoms with Crippen LogP contribution in [0.2, 0.25) is 5.02 Å². The van der Waals surface area contributed by atoms with Crippen LogP contribution in [0.15, 0.2) is 97.2 Å². The second-order valence-electron chi connectivity index (χ2n) is 8.23. The van der Waals surface area contributed by atoms with Crippen molar-refractivity contribution in [2.45, 2.75) is 0 Å². The summed E-state index contributed by atoms with van der Waals surface area (Å²) in [4.78, 5) is 8.83. The third kappa shape index (κ3) is 4.60. The van der Waals surface area contributed by atoms with Crippen molar-refractivity contribution in [3.63, 3.8) is 0 Å². The fourth-order valence-electron chi connectivity index (χ4n) is 4.07. The third-order valence-corrected chi connectivity index (χ3v) is 6.13. The molecule has 37 heavy (non-hydrogen) atoms. The van der Waals surface area contributed by atoms with Crippen molar-refractivity contribution in [2.24, 2.45) is 0 Å². The van der Waals surface area contributed by atoms with Crippen molar-refractivity contribution < 1.29 is 9.47 Å². The van der Waals surface area contributed by atoms with Gasteiger partial charge in [0.2, 0.25) is 5.88 Å². The van der Waals surface area contributed by atoms with Gasteiger partial charge in [-0.15, -0.1) is 10.2 Å². The minimum Gasteiger partial charge on any atom is -0.481 e. The van der Waals surface area contributed by atoms with Gasteiger partial charge in [0.1, 0.15) is 17.0 Å². The lowest BCUT2D eigenvalue weighted by atomic mass is 10.0. The maximum atomic E-state index is 6.12. The van der Waals surface area contributed by atoms with E-state index in [2.05, 4.69) is 25.5 Å². The Kier molecular flexibility index (Phi) is 5.96. The number of hydrogen-bond donors (Lipinski definition) is 1. The van der Waals surface area contributed by atoms with Gasteiger partial charge in [0.15, 0.2) is 11.6 Å². The summed E-state index contributed by atoms with van der Waals surface area (Å²) in [6.07, 6.45) is 1.69. The van der Waals surface area contributed by atoms with Crippen molar-refractivity contribution in [2.75, 3.05) is 12.4 Å². The first-order chi connectivity index (χ1) is 18.2. The number of fused-ring (bicyclic) bond motifs is 2. The van der Waals surface area contributed by atoms with Crippen LogP contribution < -0.4 is 14.8 Å². The van der Waals surface area contributed by atoms with E-state index < -0.39 is 0 Å². The van der Waals surface area contributed by atoms with E-state index >= 15 is 0 Å². The molecule has 0 saturated heterocycles. The number of aromatic nitrogens is 4. The summed E-state index contributed by atoms with van der Waals surface area (Å²) in [5.41, 5.74) is 3.97. The Morgan fingerprint density at radius 3 is 2.35 bits per heavy atom. The van der Waals surface area contributed by atoms with Crippen LogP contribution in [0.3, 0.4) is 0 Å². The van der Waals surface area contributed by atoms with Gasteiger partial charge in [0.05, 0.1) is 12.6 Å². The summed E-state index contributed by atoms with van der Waals surface area (Å²) in [5.74, 6) is 2.43. The molecule has 0 fully saturated rings. The summed E-state index contributed by atoms with van der Waals surface area (Å²) in [6, 6.07) is 28.7. The SMILES string of the molecule is COc1ccc2nccc(Oc3ccc(Nc4nnc(-c5ccc(Cl)cc5)c5ccccc45)cc3)c2n1. The van der Waals surface area contributed by atoms with Crippen LogP contribution in [0.4, 0.5) is 11.5 Å². The lowest BCUT2D eigenvalue weighted by molar-refractivity contribution is 0.399. The van der Waals surface area contributed by atoms with Crippen LogP contribution in [0.25, 0.3) is 33.1 Å². The minimum atomic E-state index is 0.500. The number of nitrogens with one attached hydrogen (secondary N) is 1. The Labute approximate surface area is 217 Å². The smallest absolute Gasteiger partial charge is 0.213 e. The second kappa shape index (κ2) is 9.72. The van der Waals surface area contributed by atoms with Gasteiger partial charge in [-0.05, 0) is 42.5 Å². The van der Waals surface area contributed by atoms with Crippen LogP contribution >= 0.6 is 11.6 Å². The highest BCUT2D eigenvalue weighted by molar-refractivity contribution is 6.30. The van der Waals surface area contributed by atoms with Gasteiger partial charge in [-0.2, -0.15) is 0 Å². The predicted octanol–water partition coefficient (Wildman–Crippen LogP) is 7.44. The molecule has 0 bridgehead atoms. The van der Waals surface area contributed by atoms with Crippen LogP contribution in [0.5, 0.6) is 17.4 Å². The molecule has 0 aliphatic heterocycles. The van der Waals surface area contributed by atoms with E-state index in [0.717, 1.165) is 33.2 Å².